The van der Waals surface area contributed by atoms with Crippen LogP contribution in [0.2, 0.25) is 0 Å². The maximum atomic E-state index is 12.9. The van der Waals surface area contributed by atoms with Gasteiger partial charge in [0.1, 0.15) is 5.82 Å². The SMILES string of the molecule is Nc1cc(F)ccc1SCC(=O)Nc1ccc(Br)cc1. The molecule has 0 unspecified atom stereocenters. The molecule has 6 heteroatoms. The Morgan fingerprint density at radius 3 is 2.60 bits per heavy atom. The molecule has 0 atom stereocenters. The van der Waals surface area contributed by atoms with E-state index in [0.29, 0.717) is 10.6 Å². The molecule has 0 aliphatic heterocycles. The molecule has 0 aromatic heterocycles. The zero-order valence-electron chi connectivity index (χ0n) is 10.4. The Balaban J connectivity index is 1.90. The lowest BCUT2D eigenvalue weighted by Gasteiger charge is -2.07. The number of carbonyl (C=O) groups is 1. The zero-order valence-corrected chi connectivity index (χ0v) is 12.8. The first-order valence-corrected chi connectivity index (χ1v) is 7.56. The Labute approximate surface area is 128 Å². The van der Waals surface area contributed by atoms with Gasteiger partial charge in [0, 0.05) is 20.7 Å². The van der Waals surface area contributed by atoms with Crippen LogP contribution in [0.5, 0.6) is 0 Å². The van der Waals surface area contributed by atoms with Crippen LogP contribution >= 0.6 is 27.7 Å². The Kier molecular flexibility index (Phi) is 5.03. The third kappa shape index (κ3) is 4.25. The van der Waals surface area contributed by atoms with Gasteiger partial charge in [-0.2, -0.15) is 0 Å². The fraction of sp³-hybridized carbons (Fsp3) is 0.0714. The Bertz CT molecular complexity index is 619. The van der Waals surface area contributed by atoms with E-state index in [0.717, 1.165) is 10.2 Å². The van der Waals surface area contributed by atoms with Gasteiger partial charge in [0.05, 0.1) is 5.75 Å². The number of rotatable bonds is 4. The van der Waals surface area contributed by atoms with Crippen molar-refractivity contribution in [1.29, 1.82) is 0 Å². The molecule has 20 heavy (non-hydrogen) atoms. The van der Waals surface area contributed by atoms with Crippen LogP contribution in [-0.4, -0.2) is 11.7 Å². The van der Waals surface area contributed by atoms with Crippen LogP contribution < -0.4 is 11.1 Å². The number of anilines is 2. The standard InChI is InChI=1S/C14H12BrFN2OS/c15-9-1-4-11(5-2-9)18-14(19)8-20-13-6-3-10(16)7-12(13)17/h1-7H,8,17H2,(H,18,19). The van der Waals surface area contributed by atoms with E-state index in [9.17, 15) is 9.18 Å². The molecule has 0 heterocycles. The van der Waals surface area contributed by atoms with Crippen LogP contribution in [0.4, 0.5) is 15.8 Å². The number of carbonyl (C=O) groups excluding carboxylic acids is 1. The average Bonchev–Trinajstić information content (AvgIpc) is 2.40. The van der Waals surface area contributed by atoms with E-state index in [1.54, 1.807) is 18.2 Å². The minimum Gasteiger partial charge on any atom is -0.398 e. The van der Waals surface area contributed by atoms with Crippen molar-refractivity contribution in [3.63, 3.8) is 0 Å². The van der Waals surface area contributed by atoms with Gasteiger partial charge in [-0.15, -0.1) is 11.8 Å². The number of nitrogen functional groups attached to an aromatic ring is 1. The van der Waals surface area contributed by atoms with E-state index in [4.69, 9.17) is 5.73 Å². The predicted octanol–water partition coefficient (Wildman–Crippen LogP) is 3.90. The van der Waals surface area contributed by atoms with E-state index in [-0.39, 0.29) is 17.5 Å². The number of halogens is 2. The highest BCUT2D eigenvalue weighted by Crippen LogP contribution is 2.25. The molecule has 0 fully saturated rings. The third-order valence-corrected chi connectivity index (χ3v) is 4.08. The van der Waals surface area contributed by atoms with Gasteiger partial charge in [0.2, 0.25) is 5.91 Å². The number of amides is 1. The van der Waals surface area contributed by atoms with Gasteiger partial charge in [-0.3, -0.25) is 4.79 Å². The van der Waals surface area contributed by atoms with E-state index < -0.39 is 0 Å². The molecular weight excluding hydrogens is 343 g/mol. The second kappa shape index (κ2) is 6.76. The fourth-order valence-corrected chi connectivity index (χ4v) is 2.54. The van der Waals surface area contributed by atoms with E-state index in [1.165, 1.54) is 23.9 Å². The predicted molar refractivity (Wildman–Crippen MR) is 84.3 cm³/mol. The Morgan fingerprint density at radius 2 is 1.95 bits per heavy atom. The summed E-state index contributed by atoms with van der Waals surface area (Å²) in [6, 6.07) is 11.4. The van der Waals surface area contributed by atoms with Gasteiger partial charge in [-0.1, -0.05) is 15.9 Å². The minimum atomic E-state index is -0.383. The molecule has 0 radical (unpaired) electrons. The molecule has 0 spiro atoms. The van der Waals surface area contributed by atoms with E-state index >= 15 is 0 Å². The maximum absolute atomic E-state index is 12.9. The average molecular weight is 355 g/mol. The van der Waals surface area contributed by atoms with Gasteiger partial charge in [-0.05, 0) is 42.5 Å². The number of nitrogens with two attached hydrogens (primary N) is 1. The van der Waals surface area contributed by atoms with Crippen molar-refractivity contribution >= 4 is 45.0 Å². The third-order valence-electron chi connectivity index (χ3n) is 2.46. The lowest BCUT2D eigenvalue weighted by atomic mass is 10.3. The second-order valence-corrected chi connectivity index (χ2v) is 5.96. The van der Waals surface area contributed by atoms with Gasteiger partial charge in [0.25, 0.3) is 0 Å². The molecule has 0 saturated heterocycles. The first-order chi connectivity index (χ1) is 9.54. The number of hydrogen-bond donors (Lipinski definition) is 2. The summed E-state index contributed by atoms with van der Waals surface area (Å²) in [6.45, 7) is 0. The van der Waals surface area contributed by atoms with Gasteiger partial charge >= 0.3 is 0 Å². The molecule has 0 bridgehead atoms. The summed E-state index contributed by atoms with van der Waals surface area (Å²) in [7, 11) is 0. The highest BCUT2D eigenvalue weighted by molar-refractivity contribution is 9.10. The van der Waals surface area contributed by atoms with Crippen molar-refractivity contribution < 1.29 is 9.18 Å². The van der Waals surface area contributed by atoms with Crippen LogP contribution in [0.15, 0.2) is 51.8 Å². The van der Waals surface area contributed by atoms with Crippen molar-refractivity contribution in [3.05, 3.63) is 52.8 Å². The smallest absolute Gasteiger partial charge is 0.234 e. The molecule has 2 aromatic carbocycles. The lowest BCUT2D eigenvalue weighted by molar-refractivity contribution is -0.113. The van der Waals surface area contributed by atoms with E-state index in [2.05, 4.69) is 21.2 Å². The maximum Gasteiger partial charge on any atom is 0.234 e. The molecule has 1 amide bonds. The summed E-state index contributed by atoms with van der Waals surface area (Å²) in [5.41, 5.74) is 6.75. The minimum absolute atomic E-state index is 0.138. The number of benzene rings is 2. The molecule has 0 aliphatic carbocycles. The summed E-state index contributed by atoms with van der Waals surface area (Å²) < 4.78 is 13.8. The lowest BCUT2D eigenvalue weighted by Crippen LogP contribution is -2.14. The van der Waals surface area contributed by atoms with Crippen LogP contribution in [-0.2, 0) is 4.79 Å². The molecular formula is C14H12BrFN2OS. The van der Waals surface area contributed by atoms with Gasteiger partial charge in [-0.25, -0.2) is 4.39 Å². The van der Waals surface area contributed by atoms with E-state index in [1.807, 2.05) is 12.1 Å². The largest absolute Gasteiger partial charge is 0.398 e. The topological polar surface area (TPSA) is 55.1 Å². The van der Waals surface area contributed by atoms with Crippen LogP contribution in [0, 0.1) is 5.82 Å². The van der Waals surface area contributed by atoms with Gasteiger partial charge in [0.15, 0.2) is 0 Å². The summed E-state index contributed by atoms with van der Waals surface area (Å²) in [4.78, 5) is 12.5. The number of nitrogens with one attached hydrogen (secondary N) is 1. The van der Waals surface area contributed by atoms with Crippen LogP contribution in [0.25, 0.3) is 0 Å². The van der Waals surface area contributed by atoms with Crippen LogP contribution in [0.1, 0.15) is 0 Å². The molecule has 104 valence electrons. The quantitative estimate of drug-likeness (QED) is 0.646. The summed E-state index contributed by atoms with van der Waals surface area (Å²) in [5.74, 6) is -0.307. The first-order valence-electron chi connectivity index (χ1n) is 5.78. The summed E-state index contributed by atoms with van der Waals surface area (Å²) in [5, 5.41) is 2.77. The normalized spacial score (nSPS) is 10.3. The number of hydrogen-bond acceptors (Lipinski definition) is 3. The molecule has 3 N–H and O–H groups in total. The molecule has 0 saturated carbocycles. The molecule has 2 aromatic rings. The zero-order chi connectivity index (χ0) is 14.5. The number of thioether (sulfide) groups is 1. The van der Waals surface area contributed by atoms with Crippen molar-refractivity contribution in [2.24, 2.45) is 0 Å². The Morgan fingerprint density at radius 1 is 1.25 bits per heavy atom. The van der Waals surface area contributed by atoms with Crippen molar-refractivity contribution in [2.45, 2.75) is 4.90 Å². The van der Waals surface area contributed by atoms with Gasteiger partial charge < -0.3 is 11.1 Å². The summed E-state index contributed by atoms with van der Waals surface area (Å²) in [6.07, 6.45) is 0. The van der Waals surface area contributed by atoms with Crippen molar-refractivity contribution in [3.8, 4) is 0 Å². The molecule has 0 aliphatic rings. The highest BCUT2D eigenvalue weighted by Gasteiger charge is 2.06. The first kappa shape index (κ1) is 14.9. The van der Waals surface area contributed by atoms with Crippen molar-refractivity contribution in [2.75, 3.05) is 16.8 Å². The second-order valence-electron chi connectivity index (χ2n) is 4.03. The van der Waals surface area contributed by atoms with Crippen LogP contribution in [0.3, 0.4) is 0 Å². The summed E-state index contributed by atoms with van der Waals surface area (Å²) >= 11 is 4.60. The monoisotopic (exact) mass is 354 g/mol. The van der Waals surface area contributed by atoms with Crippen molar-refractivity contribution in [1.82, 2.24) is 0 Å². The molecule has 3 nitrogen and oxygen atoms in total. The Hall–Kier alpha value is -1.53. The molecule has 2 rings (SSSR count). The highest BCUT2D eigenvalue weighted by atomic mass is 79.9. The fourth-order valence-electron chi connectivity index (χ4n) is 1.52.